The lowest BCUT2D eigenvalue weighted by Gasteiger charge is -2.03. The largest absolute Gasteiger partial charge is 0.465 e. The topological polar surface area (TPSA) is 65.5 Å². The second kappa shape index (κ2) is 7.00. The average molecular weight is 317 g/mol. The van der Waals surface area contributed by atoms with Gasteiger partial charge < -0.3 is 9.47 Å². The zero-order chi connectivity index (χ0) is 16.1. The Kier molecular flexibility index (Phi) is 5.06. The van der Waals surface area contributed by atoms with Crippen molar-refractivity contribution in [1.29, 1.82) is 0 Å². The Morgan fingerprint density at radius 2 is 1.82 bits per heavy atom. The number of methoxy groups -OCH3 is 2. The van der Waals surface area contributed by atoms with Crippen LogP contribution < -0.4 is 0 Å². The van der Waals surface area contributed by atoms with E-state index < -0.39 is 11.9 Å². The number of thiazole rings is 1. The van der Waals surface area contributed by atoms with E-state index in [2.05, 4.69) is 9.72 Å². The molecule has 0 N–H and O–H groups in total. The number of carbonyl (C=O) groups excluding carboxylic acids is 2. The van der Waals surface area contributed by atoms with Crippen molar-refractivity contribution < 1.29 is 19.1 Å². The number of hydrogen-bond donors (Lipinski definition) is 0. The first-order valence-corrected chi connectivity index (χ1v) is 7.34. The maximum atomic E-state index is 11.9. The standard InChI is InChI=1S/C16H15NO4S/c1-10-9-22-14(17-10)13(16(19)21-3)8-11-4-6-12(7-5-11)15(18)20-2/h4-9H,1-3H3/b13-8-. The summed E-state index contributed by atoms with van der Waals surface area (Å²) in [6, 6.07) is 6.74. The molecule has 0 bridgehead atoms. The molecule has 0 saturated carbocycles. The third-order valence-electron chi connectivity index (χ3n) is 2.90. The van der Waals surface area contributed by atoms with Crippen molar-refractivity contribution in [1.82, 2.24) is 4.98 Å². The second-order valence-electron chi connectivity index (χ2n) is 4.46. The molecule has 0 radical (unpaired) electrons. The maximum Gasteiger partial charge on any atom is 0.340 e. The molecule has 0 spiro atoms. The first kappa shape index (κ1) is 15.9. The number of benzene rings is 1. The minimum absolute atomic E-state index is 0.381. The summed E-state index contributed by atoms with van der Waals surface area (Å²) in [4.78, 5) is 27.7. The van der Waals surface area contributed by atoms with Crippen LogP contribution >= 0.6 is 11.3 Å². The molecule has 6 heteroatoms. The third kappa shape index (κ3) is 3.59. The van der Waals surface area contributed by atoms with Crippen molar-refractivity contribution >= 4 is 34.9 Å². The van der Waals surface area contributed by atoms with Crippen LogP contribution in [-0.2, 0) is 14.3 Å². The van der Waals surface area contributed by atoms with E-state index in [1.807, 2.05) is 12.3 Å². The van der Waals surface area contributed by atoms with Crippen LogP contribution in [-0.4, -0.2) is 31.1 Å². The van der Waals surface area contributed by atoms with Gasteiger partial charge in [-0.1, -0.05) is 12.1 Å². The summed E-state index contributed by atoms with van der Waals surface area (Å²) in [7, 11) is 2.66. The molecular weight excluding hydrogens is 302 g/mol. The van der Waals surface area contributed by atoms with Crippen LogP contribution in [0.2, 0.25) is 0 Å². The van der Waals surface area contributed by atoms with Gasteiger partial charge in [0.05, 0.1) is 25.4 Å². The van der Waals surface area contributed by atoms with E-state index in [-0.39, 0.29) is 0 Å². The highest BCUT2D eigenvalue weighted by atomic mass is 32.1. The number of carbonyl (C=O) groups is 2. The molecule has 2 rings (SSSR count). The lowest BCUT2D eigenvalue weighted by molar-refractivity contribution is -0.133. The van der Waals surface area contributed by atoms with Gasteiger partial charge in [0.2, 0.25) is 0 Å². The Morgan fingerprint density at radius 1 is 1.14 bits per heavy atom. The van der Waals surface area contributed by atoms with Crippen LogP contribution in [0.5, 0.6) is 0 Å². The van der Waals surface area contributed by atoms with Crippen molar-refractivity contribution in [2.75, 3.05) is 14.2 Å². The second-order valence-corrected chi connectivity index (χ2v) is 5.32. The zero-order valence-electron chi connectivity index (χ0n) is 12.5. The molecule has 114 valence electrons. The molecular formula is C16H15NO4S. The summed E-state index contributed by atoms with van der Waals surface area (Å²) in [5.41, 5.74) is 2.44. The number of rotatable bonds is 4. The van der Waals surface area contributed by atoms with E-state index in [0.29, 0.717) is 16.1 Å². The van der Waals surface area contributed by atoms with Gasteiger partial charge in [0, 0.05) is 11.1 Å². The van der Waals surface area contributed by atoms with E-state index >= 15 is 0 Å². The summed E-state index contributed by atoms with van der Waals surface area (Å²) in [5, 5.41) is 2.47. The first-order chi connectivity index (χ1) is 10.5. The summed E-state index contributed by atoms with van der Waals surface area (Å²) in [6.07, 6.45) is 1.69. The molecule has 0 fully saturated rings. The molecule has 0 aliphatic heterocycles. The molecule has 22 heavy (non-hydrogen) atoms. The van der Waals surface area contributed by atoms with Crippen molar-refractivity contribution in [2.45, 2.75) is 6.92 Å². The quantitative estimate of drug-likeness (QED) is 0.641. The van der Waals surface area contributed by atoms with Crippen LogP contribution in [0.1, 0.15) is 26.6 Å². The zero-order valence-corrected chi connectivity index (χ0v) is 13.3. The van der Waals surface area contributed by atoms with Gasteiger partial charge in [-0.2, -0.15) is 0 Å². The van der Waals surface area contributed by atoms with Crippen molar-refractivity contribution in [2.24, 2.45) is 0 Å². The highest BCUT2D eigenvalue weighted by Gasteiger charge is 2.16. The predicted octanol–water partition coefficient (Wildman–Crippen LogP) is 2.95. The normalized spacial score (nSPS) is 11.1. The fraction of sp³-hybridized carbons (Fsp3) is 0.188. The fourth-order valence-electron chi connectivity index (χ4n) is 1.80. The summed E-state index contributed by atoms with van der Waals surface area (Å²) >= 11 is 1.38. The number of nitrogens with zero attached hydrogens (tertiary/aromatic N) is 1. The van der Waals surface area contributed by atoms with Gasteiger partial charge in [-0.05, 0) is 30.7 Å². The van der Waals surface area contributed by atoms with Gasteiger partial charge in [-0.3, -0.25) is 0 Å². The lowest BCUT2D eigenvalue weighted by atomic mass is 10.1. The number of aryl methyl sites for hydroxylation is 1. The van der Waals surface area contributed by atoms with E-state index in [0.717, 1.165) is 11.3 Å². The van der Waals surface area contributed by atoms with Gasteiger partial charge in [0.15, 0.2) is 0 Å². The minimum atomic E-state index is -0.452. The molecule has 5 nitrogen and oxygen atoms in total. The van der Waals surface area contributed by atoms with Crippen molar-refractivity contribution in [3.05, 3.63) is 51.5 Å². The molecule has 0 aliphatic carbocycles. The smallest absolute Gasteiger partial charge is 0.340 e. The summed E-state index contributed by atoms with van der Waals surface area (Å²) < 4.78 is 9.46. The van der Waals surface area contributed by atoms with Gasteiger partial charge >= 0.3 is 11.9 Å². The Morgan fingerprint density at radius 3 is 2.32 bits per heavy atom. The molecule has 0 amide bonds. The van der Waals surface area contributed by atoms with Crippen LogP contribution in [0.15, 0.2) is 29.6 Å². The average Bonchev–Trinajstić information content (AvgIpc) is 2.97. The number of ether oxygens (including phenoxy) is 2. The van der Waals surface area contributed by atoms with Gasteiger partial charge in [0.25, 0.3) is 0 Å². The molecule has 0 saturated heterocycles. The van der Waals surface area contributed by atoms with Gasteiger partial charge in [-0.15, -0.1) is 11.3 Å². The third-order valence-corrected chi connectivity index (χ3v) is 3.89. The van der Waals surface area contributed by atoms with Crippen LogP contribution in [0.25, 0.3) is 11.6 Å². The Hall–Kier alpha value is -2.47. The molecule has 0 aliphatic rings. The molecule has 1 aromatic heterocycles. The minimum Gasteiger partial charge on any atom is -0.465 e. The van der Waals surface area contributed by atoms with E-state index in [1.54, 1.807) is 30.3 Å². The van der Waals surface area contributed by atoms with Crippen LogP contribution in [0.4, 0.5) is 0 Å². The highest BCUT2D eigenvalue weighted by molar-refractivity contribution is 7.11. The lowest BCUT2D eigenvalue weighted by Crippen LogP contribution is -2.04. The van der Waals surface area contributed by atoms with Crippen molar-refractivity contribution in [3.8, 4) is 0 Å². The first-order valence-electron chi connectivity index (χ1n) is 6.46. The number of hydrogen-bond acceptors (Lipinski definition) is 6. The maximum absolute atomic E-state index is 11.9. The van der Waals surface area contributed by atoms with Crippen LogP contribution in [0, 0.1) is 6.92 Å². The number of esters is 2. The monoisotopic (exact) mass is 317 g/mol. The molecule has 0 atom stereocenters. The van der Waals surface area contributed by atoms with Gasteiger partial charge in [0.1, 0.15) is 5.01 Å². The van der Waals surface area contributed by atoms with E-state index in [4.69, 9.17) is 4.74 Å². The van der Waals surface area contributed by atoms with Crippen molar-refractivity contribution in [3.63, 3.8) is 0 Å². The Bertz CT molecular complexity index is 716. The Balaban J connectivity index is 2.37. The van der Waals surface area contributed by atoms with Gasteiger partial charge in [-0.25, -0.2) is 14.6 Å². The molecule has 1 heterocycles. The SMILES string of the molecule is COC(=O)/C(=C\c1ccc(C(=O)OC)cc1)c1nc(C)cs1. The summed E-state index contributed by atoms with van der Waals surface area (Å²) in [5.74, 6) is -0.856. The molecule has 2 aromatic rings. The number of aromatic nitrogens is 1. The Labute approximate surface area is 132 Å². The molecule has 1 aromatic carbocycles. The van der Waals surface area contributed by atoms with E-state index in [9.17, 15) is 9.59 Å². The molecule has 0 unspecified atom stereocenters. The fourth-order valence-corrected chi connectivity index (χ4v) is 2.60. The van der Waals surface area contributed by atoms with E-state index in [1.165, 1.54) is 25.6 Å². The van der Waals surface area contributed by atoms with Crippen LogP contribution in [0.3, 0.4) is 0 Å². The summed E-state index contributed by atoms with van der Waals surface area (Å²) in [6.45, 7) is 1.86. The predicted molar refractivity (Wildman–Crippen MR) is 84.5 cm³/mol. The highest BCUT2D eigenvalue weighted by Crippen LogP contribution is 2.23.